The average molecular weight is 271 g/mol. The Labute approximate surface area is 98.8 Å². The van der Waals surface area contributed by atoms with Gasteiger partial charge in [0.05, 0.1) is 5.56 Å². The maximum atomic E-state index is 13.3. The van der Waals surface area contributed by atoms with Gasteiger partial charge in [0.2, 0.25) is 0 Å². The average Bonchev–Trinajstić information content (AvgIpc) is 2.24. The minimum atomic E-state index is -1.65. The summed E-state index contributed by atoms with van der Waals surface area (Å²) < 4.78 is 52.7. The molecule has 0 aliphatic heterocycles. The molecule has 0 bridgehead atoms. The molecular weight excluding hydrogens is 267 g/mol. The molecule has 1 aromatic rings. The first kappa shape index (κ1) is 13.1. The largest absolute Gasteiger partial charge is 0.203 e. The highest BCUT2D eigenvalue weighted by Gasteiger charge is 2.24. The lowest BCUT2D eigenvalue weighted by Crippen LogP contribution is -2.02. The van der Waals surface area contributed by atoms with Gasteiger partial charge in [-0.05, 0) is 6.92 Å². The van der Waals surface area contributed by atoms with Gasteiger partial charge in [-0.25, -0.2) is 17.6 Å². The lowest BCUT2D eigenvalue weighted by Gasteiger charge is -2.07. The third kappa shape index (κ3) is 2.09. The van der Waals surface area contributed by atoms with Gasteiger partial charge < -0.3 is 0 Å². The van der Waals surface area contributed by atoms with Crippen LogP contribution in [0.2, 0.25) is 5.02 Å². The van der Waals surface area contributed by atoms with Crippen LogP contribution in [0.25, 0.3) is 5.57 Å². The van der Waals surface area contributed by atoms with Crippen LogP contribution < -0.4 is 0 Å². The van der Waals surface area contributed by atoms with Crippen molar-refractivity contribution in [2.75, 3.05) is 0 Å². The van der Waals surface area contributed by atoms with Crippen molar-refractivity contribution in [1.82, 2.24) is 0 Å². The summed E-state index contributed by atoms with van der Waals surface area (Å²) in [7, 11) is 0. The van der Waals surface area contributed by atoms with Crippen molar-refractivity contribution in [3.05, 3.63) is 45.1 Å². The van der Waals surface area contributed by atoms with Crippen molar-refractivity contribution in [3.8, 4) is 0 Å². The summed E-state index contributed by atoms with van der Waals surface area (Å²) in [5.41, 5.74) is 2.00. The summed E-state index contributed by atoms with van der Waals surface area (Å²) >= 11 is 10.2. The van der Waals surface area contributed by atoms with Crippen molar-refractivity contribution in [3.63, 3.8) is 0 Å². The quantitative estimate of drug-likeness (QED) is 0.302. The lowest BCUT2D eigenvalue weighted by molar-refractivity contribution is 0.451. The van der Waals surface area contributed by atoms with E-state index in [0.717, 1.165) is 5.54 Å². The van der Waals surface area contributed by atoms with E-state index in [0.29, 0.717) is 0 Å². The van der Waals surface area contributed by atoms with E-state index in [1.807, 2.05) is 0 Å². The molecule has 0 saturated heterocycles. The topological polar surface area (TPSA) is 0 Å². The predicted octanol–water partition coefficient (Wildman–Crippen LogP) is 4.65. The van der Waals surface area contributed by atoms with Crippen molar-refractivity contribution >= 4 is 28.8 Å². The van der Waals surface area contributed by atoms with E-state index in [9.17, 15) is 17.6 Å². The molecule has 0 fully saturated rings. The minimum Gasteiger partial charge on any atom is -0.203 e. The molecular formula is C10H4Cl2F4. The minimum absolute atomic E-state index is 0.181. The Morgan fingerprint density at radius 3 is 1.88 bits per heavy atom. The summed E-state index contributed by atoms with van der Waals surface area (Å²) in [6, 6.07) is 0. The third-order valence-electron chi connectivity index (χ3n) is 1.86. The van der Waals surface area contributed by atoms with Crippen LogP contribution in [0, 0.1) is 23.3 Å². The summed E-state index contributed by atoms with van der Waals surface area (Å²) in [5.74, 6) is -6.45. The summed E-state index contributed by atoms with van der Waals surface area (Å²) in [6.07, 6.45) is 0. The van der Waals surface area contributed by atoms with Crippen LogP contribution in [-0.2, 0) is 0 Å². The normalized spacial score (nSPS) is 9.94. The highest BCUT2D eigenvalue weighted by molar-refractivity contribution is 6.31. The molecule has 0 N–H and O–H groups in total. The number of hydrogen-bond donors (Lipinski definition) is 0. The summed E-state index contributed by atoms with van der Waals surface area (Å²) in [6.45, 7) is 1.20. The van der Waals surface area contributed by atoms with Crippen LogP contribution in [-0.4, -0.2) is 0 Å². The fourth-order valence-corrected chi connectivity index (χ4v) is 1.42. The lowest BCUT2D eigenvalue weighted by atomic mass is 10.1. The zero-order valence-corrected chi connectivity index (χ0v) is 9.36. The van der Waals surface area contributed by atoms with Crippen LogP contribution in [0.15, 0.2) is 11.3 Å². The van der Waals surface area contributed by atoms with E-state index in [-0.39, 0.29) is 5.57 Å². The van der Waals surface area contributed by atoms with Gasteiger partial charge in [-0.3, -0.25) is 0 Å². The number of allylic oxidation sites excluding steroid dienone is 1. The zero-order valence-electron chi connectivity index (χ0n) is 7.85. The van der Waals surface area contributed by atoms with Gasteiger partial charge in [-0.15, -0.1) is 5.73 Å². The molecule has 0 amide bonds. The first-order chi connectivity index (χ1) is 7.41. The Morgan fingerprint density at radius 2 is 1.50 bits per heavy atom. The Hall–Kier alpha value is -0.960. The molecule has 0 atom stereocenters. The van der Waals surface area contributed by atoms with Gasteiger partial charge in [-0.1, -0.05) is 23.2 Å². The van der Waals surface area contributed by atoms with Gasteiger partial charge in [-0.2, -0.15) is 0 Å². The second-order valence-electron chi connectivity index (χ2n) is 2.82. The Morgan fingerprint density at radius 1 is 1.06 bits per heavy atom. The van der Waals surface area contributed by atoms with Crippen LogP contribution in [0.1, 0.15) is 12.5 Å². The number of benzene rings is 1. The summed E-state index contributed by atoms with van der Waals surface area (Å²) in [4.78, 5) is 0. The second-order valence-corrected chi connectivity index (χ2v) is 3.42. The first-order valence-corrected chi connectivity index (χ1v) is 4.77. The molecule has 0 radical (unpaired) electrons. The molecule has 1 rings (SSSR count). The number of hydrogen-bond acceptors (Lipinski definition) is 0. The molecule has 0 spiro atoms. The number of rotatable bonds is 1. The van der Waals surface area contributed by atoms with Crippen molar-refractivity contribution in [1.29, 1.82) is 0 Å². The highest BCUT2D eigenvalue weighted by atomic mass is 35.5. The summed E-state index contributed by atoms with van der Waals surface area (Å²) in [5, 5.41) is -1.22. The second kappa shape index (κ2) is 4.91. The van der Waals surface area contributed by atoms with Crippen LogP contribution in [0.4, 0.5) is 17.6 Å². The predicted molar refractivity (Wildman–Crippen MR) is 54.3 cm³/mol. The molecule has 0 nitrogen and oxygen atoms in total. The molecule has 86 valence electrons. The van der Waals surface area contributed by atoms with Gasteiger partial charge in [0.25, 0.3) is 0 Å². The molecule has 0 unspecified atom stereocenters. The molecule has 1 aromatic carbocycles. The van der Waals surface area contributed by atoms with Gasteiger partial charge in [0.15, 0.2) is 23.3 Å². The molecule has 6 heteroatoms. The first-order valence-electron chi connectivity index (χ1n) is 3.95. The van der Waals surface area contributed by atoms with E-state index in [4.69, 9.17) is 23.2 Å². The van der Waals surface area contributed by atoms with Crippen molar-refractivity contribution < 1.29 is 17.6 Å². The molecule has 0 heterocycles. The molecule has 0 aliphatic rings. The van der Waals surface area contributed by atoms with E-state index < -0.39 is 33.9 Å². The molecule has 0 aliphatic carbocycles. The molecule has 16 heavy (non-hydrogen) atoms. The van der Waals surface area contributed by atoms with Crippen molar-refractivity contribution in [2.45, 2.75) is 6.92 Å². The standard InChI is InChI=1S/C10H4Cl2F4/c1-4(2-3-11)5-7(13)9(15)6(12)10(16)8(5)14/h3H,1H3. The van der Waals surface area contributed by atoms with Crippen LogP contribution >= 0.6 is 23.2 Å². The maximum absolute atomic E-state index is 13.3. The monoisotopic (exact) mass is 270 g/mol. The Balaban J connectivity index is 3.71. The molecule has 0 aromatic heterocycles. The van der Waals surface area contributed by atoms with E-state index in [2.05, 4.69) is 5.73 Å². The van der Waals surface area contributed by atoms with Gasteiger partial charge >= 0.3 is 0 Å². The maximum Gasteiger partial charge on any atom is 0.181 e. The Kier molecular flexibility index (Phi) is 4.03. The smallest absolute Gasteiger partial charge is 0.181 e. The SMILES string of the molecule is CC(=C=CCl)c1c(F)c(F)c(Cl)c(F)c1F. The van der Waals surface area contributed by atoms with Gasteiger partial charge in [0.1, 0.15) is 5.02 Å². The molecule has 0 saturated carbocycles. The fraction of sp³-hybridized carbons (Fsp3) is 0.100. The Bertz CT molecular complexity index is 473. The van der Waals surface area contributed by atoms with E-state index in [1.54, 1.807) is 0 Å². The number of halogens is 6. The third-order valence-corrected chi connectivity index (χ3v) is 2.30. The highest BCUT2D eigenvalue weighted by Crippen LogP contribution is 2.31. The van der Waals surface area contributed by atoms with E-state index >= 15 is 0 Å². The van der Waals surface area contributed by atoms with Crippen LogP contribution in [0.3, 0.4) is 0 Å². The zero-order chi connectivity index (χ0) is 12.5. The van der Waals surface area contributed by atoms with Crippen molar-refractivity contribution in [2.24, 2.45) is 0 Å². The van der Waals surface area contributed by atoms with Crippen LogP contribution in [0.5, 0.6) is 0 Å². The van der Waals surface area contributed by atoms with Gasteiger partial charge in [0, 0.05) is 11.1 Å². The fourth-order valence-electron chi connectivity index (χ4n) is 1.09. The van der Waals surface area contributed by atoms with E-state index in [1.165, 1.54) is 6.92 Å².